The van der Waals surface area contributed by atoms with Crippen LogP contribution in [0.2, 0.25) is 0 Å². The summed E-state index contributed by atoms with van der Waals surface area (Å²) in [6, 6.07) is 11.2. The van der Waals surface area contributed by atoms with Crippen LogP contribution in [0.5, 0.6) is 5.75 Å². The molecule has 2 rings (SSSR count). The average Bonchev–Trinajstić information content (AvgIpc) is 2.68. The van der Waals surface area contributed by atoms with Gasteiger partial charge in [-0.15, -0.1) is 0 Å². The molecule has 0 radical (unpaired) electrons. The molecular weight excluding hydrogens is 370 g/mol. The van der Waals surface area contributed by atoms with Crippen molar-refractivity contribution in [2.24, 2.45) is 5.10 Å². The number of ether oxygens (including phenoxy) is 2. The van der Waals surface area contributed by atoms with Crippen molar-refractivity contribution in [1.82, 2.24) is 5.43 Å². The van der Waals surface area contributed by atoms with Crippen molar-refractivity contribution >= 4 is 23.4 Å². The molecule has 0 bridgehead atoms. The molecule has 2 N–H and O–H groups in total. The molecule has 2 aromatic rings. The molecule has 0 fully saturated rings. The molecule has 0 unspecified atom stereocenters. The first-order valence-electron chi connectivity index (χ1n) is 9.25. The van der Waals surface area contributed by atoms with Gasteiger partial charge in [0.25, 0.3) is 0 Å². The predicted octanol–water partition coefficient (Wildman–Crippen LogP) is 4.25. The lowest BCUT2D eigenvalue weighted by molar-refractivity contribution is -0.115. The number of hydrogen-bond donors (Lipinski definition) is 2. The fraction of sp³-hybridized carbons (Fsp3) is 0.318. The molecule has 0 atom stereocenters. The number of carbonyl (C=O) groups is 2. The molecule has 7 heteroatoms. The molecule has 0 heterocycles. The number of methoxy groups -OCH3 is 1. The Kier molecular flexibility index (Phi) is 7.77. The number of nitrogens with one attached hydrogen (secondary N) is 2. The SMILES string of the molecule is COc1ccc(COC(=O)N/N=C(\C)CC(=O)Nc2c(C)cc(C)cc2C)cc1. The summed E-state index contributed by atoms with van der Waals surface area (Å²) in [4.78, 5) is 24.1. The van der Waals surface area contributed by atoms with Gasteiger partial charge in [-0.25, -0.2) is 10.2 Å². The number of hydrogen-bond acceptors (Lipinski definition) is 5. The molecular formula is C22H27N3O4. The third kappa shape index (κ3) is 6.95. The van der Waals surface area contributed by atoms with Gasteiger partial charge in [0.1, 0.15) is 12.4 Å². The van der Waals surface area contributed by atoms with E-state index in [0.717, 1.165) is 33.7 Å². The van der Waals surface area contributed by atoms with E-state index in [1.54, 1.807) is 38.3 Å². The van der Waals surface area contributed by atoms with Gasteiger partial charge in [0.2, 0.25) is 5.91 Å². The minimum Gasteiger partial charge on any atom is -0.497 e. The topological polar surface area (TPSA) is 89.0 Å². The third-order valence-corrected chi connectivity index (χ3v) is 4.22. The molecule has 29 heavy (non-hydrogen) atoms. The monoisotopic (exact) mass is 397 g/mol. The van der Waals surface area contributed by atoms with Crippen molar-refractivity contribution in [2.45, 2.75) is 40.7 Å². The van der Waals surface area contributed by atoms with Gasteiger partial charge < -0.3 is 14.8 Å². The largest absolute Gasteiger partial charge is 0.497 e. The van der Waals surface area contributed by atoms with Crippen molar-refractivity contribution in [3.63, 3.8) is 0 Å². The fourth-order valence-corrected chi connectivity index (χ4v) is 2.88. The van der Waals surface area contributed by atoms with Crippen LogP contribution < -0.4 is 15.5 Å². The Bertz CT molecular complexity index is 882. The van der Waals surface area contributed by atoms with E-state index in [1.807, 2.05) is 32.9 Å². The van der Waals surface area contributed by atoms with Crippen molar-refractivity contribution in [3.8, 4) is 5.75 Å². The molecule has 0 aliphatic rings. The second-order valence-corrected chi connectivity index (χ2v) is 6.88. The molecule has 154 valence electrons. The van der Waals surface area contributed by atoms with E-state index in [2.05, 4.69) is 15.8 Å². The van der Waals surface area contributed by atoms with Crippen LogP contribution >= 0.6 is 0 Å². The van der Waals surface area contributed by atoms with E-state index in [0.29, 0.717) is 5.71 Å². The highest BCUT2D eigenvalue weighted by molar-refractivity contribution is 6.06. The van der Waals surface area contributed by atoms with Crippen LogP contribution in [0.1, 0.15) is 35.6 Å². The van der Waals surface area contributed by atoms with Gasteiger partial charge in [-0.2, -0.15) is 5.10 Å². The number of amides is 2. The van der Waals surface area contributed by atoms with Crippen LogP contribution in [-0.4, -0.2) is 24.8 Å². The number of anilines is 1. The summed E-state index contributed by atoms with van der Waals surface area (Å²) in [6.07, 6.45) is -0.628. The standard InChI is InChI=1S/C22H27N3O4/c1-14-10-15(2)21(16(3)11-14)23-20(26)12-17(4)24-25-22(27)29-13-18-6-8-19(28-5)9-7-18/h6-11H,12-13H2,1-5H3,(H,23,26)(H,25,27)/b24-17+. The van der Waals surface area contributed by atoms with Gasteiger partial charge in [0.05, 0.1) is 13.5 Å². The van der Waals surface area contributed by atoms with Crippen LogP contribution in [0, 0.1) is 20.8 Å². The lowest BCUT2D eigenvalue weighted by atomic mass is 10.0. The minimum atomic E-state index is -0.689. The lowest BCUT2D eigenvalue weighted by Gasteiger charge is -2.12. The smallest absolute Gasteiger partial charge is 0.428 e. The number of benzene rings is 2. The van der Waals surface area contributed by atoms with E-state index >= 15 is 0 Å². The second-order valence-electron chi connectivity index (χ2n) is 6.88. The first-order valence-corrected chi connectivity index (χ1v) is 9.25. The van der Waals surface area contributed by atoms with Crippen molar-refractivity contribution < 1.29 is 19.1 Å². The summed E-state index contributed by atoms with van der Waals surface area (Å²) >= 11 is 0. The van der Waals surface area contributed by atoms with Gasteiger partial charge in [0, 0.05) is 11.4 Å². The van der Waals surface area contributed by atoms with Crippen molar-refractivity contribution in [2.75, 3.05) is 12.4 Å². The number of aryl methyl sites for hydroxylation is 3. The molecule has 0 aromatic heterocycles. The van der Waals surface area contributed by atoms with Crippen LogP contribution in [-0.2, 0) is 16.1 Å². The van der Waals surface area contributed by atoms with E-state index < -0.39 is 6.09 Å². The van der Waals surface area contributed by atoms with Crippen LogP contribution in [0.3, 0.4) is 0 Å². The molecule has 0 spiro atoms. The zero-order valence-electron chi connectivity index (χ0n) is 17.5. The molecule has 2 amide bonds. The highest BCUT2D eigenvalue weighted by atomic mass is 16.6. The Hall–Kier alpha value is -3.35. The van der Waals surface area contributed by atoms with Gasteiger partial charge >= 0.3 is 6.09 Å². The number of nitrogens with zero attached hydrogens (tertiary/aromatic N) is 1. The van der Waals surface area contributed by atoms with Crippen molar-refractivity contribution in [1.29, 1.82) is 0 Å². The Balaban J connectivity index is 1.81. The molecule has 0 aliphatic heterocycles. The van der Waals surface area contributed by atoms with Crippen LogP contribution in [0.4, 0.5) is 10.5 Å². The zero-order valence-corrected chi connectivity index (χ0v) is 17.5. The summed E-state index contributed by atoms with van der Waals surface area (Å²) in [6.45, 7) is 7.70. The summed E-state index contributed by atoms with van der Waals surface area (Å²) in [5.41, 5.74) is 7.55. The van der Waals surface area contributed by atoms with E-state index in [4.69, 9.17) is 9.47 Å². The molecule has 0 saturated carbocycles. The van der Waals surface area contributed by atoms with Crippen molar-refractivity contribution in [3.05, 3.63) is 58.7 Å². The summed E-state index contributed by atoms with van der Waals surface area (Å²) in [7, 11) is 1.59. The highest BCUT2D eigenvalue weighted by Crippen LogP contribution is 2.22. The zero-order chi connectivity index (χ0) is 21.4. The highest BCUT2D eigenvalue weighted by Gasteiger charge is 2.10. The molecule has 0 aliphatic carbocycles. The maximum atomic E-state index is 12.3. The average molecular weight is 397 g/mol. The number of rotatable bonds is 7. The summed E-state index contributed by atoms with van der Waals surface area (Å²) < 4.78 is 10.2. The Labute approximate surface area is 171 Å². The van der Waals surface area contributed by atoms with Gasteiger partial charge in [-0.1, -0.05) is 29.8 Å². The summed E-state index contributed by atoms with van der Waals surface area (Å²) in [5, 5.41) is 6.82. The normalized spacial score (nSPS) is 11.0. The Morgan fingerprint density at radius 2 is 1.66 bits per heavy atom. The first kappa shape index (κ1) is 21.9. The lowest BCUT2D eigenvalue weighted by Crippen LogP contribution is -2.22. The number of carbonyl (C=O) groups excluding carboxylic acids is 2. The van der Waals surface area contributed by atoms with E-state index in [9.17, 15) is 9.59 Å². The minimum absolute atomic E-state index is 0.0610. The summed E-state index contributed by atoms with van der Waals surface area (Å²) in [5.74, 6) is 0.530. The van der Waals surface area contributed by atoms with Gasteiger partial charge in [-0.3, -0.25) is 4.79 Å². The van der Waals surface area contributed by atoms with Gasteiger partial charge in [-0.05, 0) is 56.5 Å². The fourth-order valence-electron chi connectivity index (χ4n) is 2.88. The predicted molar refractivity (Wildman–Crippen MR) is 113 cm³/mol. The third-order valence-electron chi connectivity index (χ3n) is 4.22. The second kappa shape index (κ2) is 10.3. The molecule has 2 aromatic carbocycles. The Morgan fingerprint density at radius 3 is 2.24 bits per heavy atom. The molecule has 0 saturated heterocycles. The van der Waals surface area contributed by atoms with E-state index in [-0.39, 0.29) is 18.9 Å². The first-order chi connectivity index (χ1) is 13.8. The Morgan fingerprint density at radius 1 is 1.03 bits per heavy atom. The van der Waals surface area contributed by atoms with Crippen LogP contribution in [0.15, 0.2) is 41.5 Å². The maximum Gasteiger partial charge on any atom is 0.428 e. The quantitative estimate of drug-likeness (QED) is 0.540. The number of hydrazone groups is 1. The maximum absolute atomic E-state index is 12.3. The van der Waals surface area contributed by atoms with Crippen LogP contribution in [0.25, 0.3) is 0 Å². The molecule has 7 nitrogen and oxygen atoms in total. The van der Waals surface area contributed by atoms with Gasteiger partial charge in [0.15, 0.2) is 0 Å². The van der Waals surface area contributed by atoms with E-state index in [1.165, 1.54) is 0 Å².